The quantitative estimate of drug-likeness (QED) is 0.622. The summed E-state index contributed by atoms with van der Waals surface area (Å²) >= 11 is 0. The van der Waals surface area contributed by atoms with Crippen molar-refractivity contribution in [1.82, 2.24) is 5.32 Å². The van der Waals surface area contributed by atoms with Crippen molar-refractivity contribution in [2.45, 2.75) is 12.5 Å². The minimum Gasteiger partial charge on any atom is -0.480 e. The first-order chi connectivity index (χ1) is 11.4. The van der Waals surface area contributed by atoms with Gasteiger partial charge in [0.05, 0.1) is 4.92 Å². The molecule has 1 amide bonds. The van der Waals surface area contributed by atoms with Crippen LogP contribution in [0.2, 0.25) is 0 Å². The molecule has 8 heteroatoms. The van der Waals surface area contributed by atoms with Crippen molar-refractivity contribution in [1.29, 1.82) is 0 Å². The number of carboxylic acid groups (broad SMARTS) is 1. The minimum absolute atomic E-state index is 0.213. The molecule has 1 atom stereocenters. The van der Waals surface area contributed by atoms with Gasteiger partial charge in [-0.2, -0.15) is 4.39 Å². The standard InChI is InChI=1S/C16H13FN2O5/c17-12-7-6-10(9-14(12)19(23)24)8-13(16(21)22)18-15(20)11-4-2-1-3-5-11/h1-7,9,13H,8H2,(H,18,20)(H,21,22)/t13-/m0/s1. The molecule has 0 aliphatic carbocycles. The topological polar surface area (TPSA) is 110 Å². The van der Waals surface area contributed by atoms with Crippen molar-refractivity contribution >= 4 is 17.6 Å². The molecule has 0 fully saturated rings. The number of aliphatic carboxylic acids is 1. The number of nitrogens with zero attached hydrogens (tertiary/aromatic N) is 1. The lowest BCUT2D eigenvalue weighted by Gasteiger charge is -2.14. The molecule has 124 valence electrons. The Bertz CT molecular complexity index is 779. The summed E-state index contributed by atoms with van der Waals surface area (Å²) in [7, 11) is 0. The summed E-state index contributed by atoms with van der Waals surface area (Å²) in [6.45, 7) is 0. The van der Waals surface area contributed by atoms with Gasteiger partial charge in [-0.25, -0.2) is 4.79 Å². The molecule has 0 aliphatic heterocycles. The number of hydrogen-bond acceptors (Lipinski definition) is 4. The molecule has 0 saturated carbocycles. The van der Waals surface area contributed by atoms with E-state index in [2.05, 4.69) is 5.32 Å². The maximum atomic E-state index is 13.3. The van der Waals surface area contributed by atoms with Crippen LogP contribution in [0.5, 0.6) is 0 Å². The predicted molar refractivity (Wildman–Crippen MR) is 82.1 cm³/mol. The molecule has 0 saturated heterocycles. The maximum Gasteiger partial charge on any atom is 0.326 e. The zero-order valence-corrected chi connectivity index (χ0v) is 12.3. The maximum absolute atomic E-state index is 13.3. The van der Waals surface area contributed by atoms with Crippen LogP contribution in [-0.4, -0.2) is 27.9 Å². The van der Waals surface area contributed by atoms with Gasteiger partial charge in [-0.3, -0.25) is 14.9 Å². The lowest BCUT2D eigenvalue weighted by atomic mass is 10.0. The summed E-state index contributed by atoms with van der Waals surface area (Å²) in [6, 6.07) is 9.82. The summed E-state index contributed by atoms with van der Waals surface area (Å²) in [5.74, 6) is -2.89. The summed E-state index contributed by atoms with van der Waals surface area (Å²) in [6.07, 6.45) is -0.213. The molecule has 7 nitrogen and oxygen atoms in total. The highest BCUT2D eigenvalue weighted by Gasteiger charge is 2.23. The van der Waals surface area contributed by atoms with Gasteiger partial charge < -0.3 is 10.4 Å². The third-order valence-electron chi connectivity index (χ3n) is 3.29. The Hall–Kier alpha value is -3.29. The van der Waals surface area contributed by atoms with Crippen molar-refractivity contribution in [3.05, 3.63) is 75.6 Å². The first-order valence-corrected chi connectivity index (χ1v) is 6.90. The van der Waals surface area contributed by atoms with E-state index in [1.54, 1.807) is 18.2 Å². The zero-order chi connectivity index (χ0) is 17.7. The second-order valence-electron chi connectivity index (χ2n) is 4.98. The van der Waals surface area contributed by atoms with Crippen LogP contribution in [0.25, 0.3) is 0 Å². The van der Waals surface area contributed by atoms with Crippen LogP contribution in [0.15, 0.2) is 48.5 Å². The lowest BCUT2D eigenvalue weighted by molar-refractivity contribution is -0.387. The molecule has 0 heterocycles. The number of hydrogen-bond donors (Lipinski definition) is 2. The SMILES string of the molecule is O=C(N[C@@H](Cc1ccc(F)c([N+](=O)[O-])c1)C(=O)O)c1ccccc1. The number of carboxylic acids is 1. The largest absolute Gasteiger partial charge is 0.480 e. The van der Waals surface area contributed by atoms with Gasteiger partial charge in [0.2, 0.25) is 5.82 Å². The van der Waals surface area contributed by atoms with E-state index in [9.17, 15) is 29.2 Å². The summed E-state index contributed by atoms with van der Waals surface area (Å²) in [5.41, 5.74) is -0.233. The number of nitro groups is 1. The Labute approximate surface area is 135 Å². The van der Waals surface area contributed by atoms with Crippen molar-refractivity contribution in [2.24, 2.45) is 0 Å². The summed E-state index contributed by atoms with van der Waals surface area (Å²) < 4.78 is 13.3. The van der Waals surface area contributed by atoms with Gasteiger partial charge in [-0.05, 0) is 23.8 Å². The van der Waals surface area contributed by atoms with Crippen LogP contribution in [0.3, 0.4) is 0 Å². The van der Waals surface area contributed by atoms with Gasteiger partial charge in [0.1, 0.15) is 6.04 Å². The Balaban J connectivity index is 2.17. The number of nitro benzene ring substituents is 1. The van der Waals surface area contributed by atoms with Crippen LogP contribution >= 0.6 is 0 Å². The Morgan fingerprint density at radius 1 is 1.21 bits per heavy atom. The van der Waals surface area contributed by atoms with Crippen molar-refractivity contribution in [2.75, 3.05) is 0 Å². The number of rotatable bonds is 6. The highest BCUT2D eigenvalue weighted by molar-refractivity contribution is 5.96. The molecule has 2 aromatic carbocycles. The van der Waals surface area contributed by atoms with E-state index in [1.807, 2.05) is 0 Å². The highest BCUT2D eigenvalue weighted by Crippen LogP contribution is 2.19. The number of amides is 1. The fraction of sp³-hybridized carbons (Fsp3) is 0.125. The second kappa shape index (κ2) is 7.32. The Morgan fingerprint density at radius 3 is 2.46 bits per heavy atom. The first kappa shape index (κ1) is 17.1. The van der Waals surface area contributed by atoms with E-state index in [4.69, 9.17) is 0 Å². The molecule has 0 aromatic heterocycles. The molecule has 0 unspecified atom stereocenters. The smallest absolute Gasteiger partial charge is 0.326 e. The van der Waals surface area contributed by atoms with Crippen LogP contribution in [-0.2, 0) is 11.2 Å². The monoisotopic (exact) mass is 332 g/mol. The molecule has 24 heavy (non-hydrogen) atoms. The first-order valence-electron chi connectivity index (χ1n) is 6.90. The number of nitrogens with one attached hydrogen (secondary N) is 1. The molecule has 2 N–H and O–H groups in total. The molecule has 2 rings (SSSR count). The van der Waals surface area contributed by atoms with E-state index in [1.165, 1.54) is 18.2 Å². The van der Waals surface area contributed by atoms with Crippen LogP contribution in [0.4, 0.5) is 10.1 Å². The minimum atomic E-state index is -1.30. The normalized spacial score (nSPS) is 11.5. The van der Waals surface area contributed by atoms with Gasteiger partial charge >= 0.3 is 11.7 Å². The van der Waals surface area contributed by atoms with Gasteiger partial charge in [-0.15, -0.1) is 0 Å². The van der Waals surface area contributed by atoms with Crippen LogP contribution in [0, 0.1) is 15.9 Å². The fourth-order valence-corrected chi connectivity index (χ4v) is 2.09. The number of halogens is 1. The van der Waals surface area contributed by atoms with Gasteiger partial charge in [0, 0.05) is 18.1 Å². The Morgan fingerprint density at radius 2 is 1.88 bits per heavy atom. The molecule has 0 spiro atoms. The Kier molecular flexibility index (Phi) is 5.20. The third kappa shape index (κ3) is 4.13. The zero-order valence-electron chi connectivity index (χ0n) is 12.3. The lowest BCUT2D eigenvalue weighted by Crippen LogP contribution is -2.42. The van der Waals surface area contributed by atoms with Crippen LogP contribution in [0.1, 0.15) is 15.9 Å². The molecule has 2 aromatic rings. The van der Waals surface area contributed by atoms with Gasteiger partial charge in [0.25, 0.3) is 5.91 Å². The molecule has 0 radical (unpaired) electrons. The highest BCUT2D eigenvalue weighted by atomic mass is 19.1. The molecule has 0 bridgehead atoms. The van der Waals surface area contributed by atoms with Crippen molar-refractivity contribution < 1.29 is 24.0 Å². The summed E-state index contributed by atoms with van der Waals surface area (Å²) in [4.78, 5) is 33.2. The van der Waals surface area contributed by atoms with Gasteiger partial charge in [0.15, 0.2) is 0 Å². The second-order valence-corrected chi connectivity index (χ2v) is 4.98. The third-order valence-corrected chi connectivity index (χ3v) is 3.29. The summed E-state index contributed by atoms with van der Waals surface area (Å²) in [5, 5.41) is 22.3. The average molecular weight is 332 g/mol. The number of benzene rings is 2. The molecule has 0 aliphatic rings. The fourth-order valence-electron chi connectivity index (χ4n) is 2.09. The van der Waals surface area contributed by atoms with Gasteiger partial charge in [-0.1, -0.05) is 24.3 Å². The predicted octanol–water partition coefficient (Wildman–Crippen LogP) is 2.16. The number of carbonyl (C=O) groups excluding carboxylic acids is 1. The van der Waals surface area contributed by atoms with E-state index >= 15 is 0 Å². The van der Waals surface area contributed by atoms with Crippen molar-refractivity contribution in [3.63, 3.8) is 0 Å². The van der Waals surface area contributed by atoms with E-state index < -0.39 is 34.3 Å². The van der Waals surface area contributed by atoms with Crippen LogP contribution < -0.4 is 5.32 Å². The van der Waals surface area contributed by atoms with E-state index in [-0.39, 0.29) is 17.5 Å². The van der Waals surface area contributed by atoms with Crippen molar-refractivity contribution in [3.8, 4) is 0 Å². The van der Waals surface area contributed by atoms with E-state index in [0.717, 1.165) is 12.1 Å². The average Bonchev–Trinajstić information content (AvgIpc) is 2.56. The molecular formula is C16H13FN2O5. The van der Waals surface area contributed by atoms with E-state index in [0.29, 0.717) is 0 Å². The number of carbonyl (C=O) groups is 2. The molecular weight excluding hydrogens is 319 g/mol.